The number of carbonyl (C=O) groups excluding carboxylic acids is 1. The predicted molar refractivity (Wildman–Crippen MR) is 102 cm³/mol. The van der Waals surface area contributed by atoms with E-state index in [2.05, 4.69) is 10.6 Å². The largest absolute Gasteiger partial charge is 0.427 e. The molecule has 1 saturated heterocycles. The molecule has 1 amide bonds. The van der Waals surface area contributed by atoms with E-state index < -0.39 is 11.5 Å². The minimum atomic E-state index is -0.560. The first-order valence-electron chi connectivity index (χ1n) is 9.00. The van der Waals surface area contributed by atoms with Crippen LogP contribution in [-0.2, 0) is 0 Å². The van der Waals surface area contributed by atoms with E-state index in [-0.39, 0.29) is 11.5 Å². The van der Waals surface area contributed by atoms with Crippen molar-refractivity contribution in [2.75, 3.05) is 19.6 Å². The molecule has 136 valence electrons. The Kier molecular flexibility index (Phi) is 6.02. The number of aryl methyl sites for hydroxylation is 1. The molecule has 0 bridgehead atoms. The van der Waals surface area contributed by atoms with E-state index in [0.717, 1.165) is 31.5 Å². The zero-order valence-corrected chi connectivity index (χ0v) is 15.0. The van der Waals surface area contributed by atoms with Gasteiger partial charge in [0.1, 0.15) is 11.3 Å². The van der Waals surface area contributed by atoms with Crippen LogP contribution in [0.3, 0.4) is 0 Å². The Labute approximate surface area is 153 Å². The van der Waals surface area contributed by atoms with E-state index in [0.29, 0.717) is 17.9 Å². The SMILES string of the molecule is Cc1cc(C2CCCNC2)oc(=O)c1C(=O)NC/C=C/c1ccccc1. The zero-order chi connectivity index (χ0) is 18.4. The summed E-state index contributed by atoms with van der Waals surface area (Å²) in [4.78, 5) is 24.7. The predicted octanol–water partition coefficient (Wildman–Crippen LogP) is 2.86. The number of hydrogen-bond donors (Lipinski definition) is 2. The number of rotatable bonds is 5. The fourth-order valence-corrected chi connectivity index (χ4v) is 3.20. The molecular weight excluding hydrogens is 328 g/mol. The summed E-state index contributed by atoms with van der Waals surface area (Å²) in [7, 11) is 0. The molecule has 3 rings (SSSR count). The van der Waals surface area contributed by atoms with Gasteiger partial charge < -0.3 is 15.1 Å². The number of nitrogens with one attached hydrogen (secondary N) is 2. The van der Waals surface area contributed by atoms with Crippen molar-refractivity contribution in [2.45, 2.75) is 25.7 Å². The van der Waals surface area contributed by atoms with Crippen LogP contribution in [0.25, 0.3) is 6.08 Å². The molecule has 2 N–H and O–H groups in total. The van der Waals surface area contributed by atoms with Gasteiger partial charge in [-0.1, -0.05) is 42.5 Å². The highest BCUT2D eigenvalue weighted by Gasteiger charge is 2.22. The first-order valence-corrected chi connectivity index (χ1v) is 9.00. The van der Waals surface area contributed by atoms with Gasteiger partial charge in [0.2, 0.25) is 0 Å². The molecule has 0 aliphatic carbocycles. The minimum Gasteiger partial charge on any atom is -0.427 e. The number of amides is 1. The van der Waals surface area contributed by atoms with Crippen molar-refractivity contribution in [3.8, 4) is 0 Å². The zero-order valence-electron chi connectivity index (χ0n) is 15.0. The lowest BCUT2D eigenvalue weighted by atomic mass is 9.95. The van der Waals surface area contributed by atoms with Gasteiger partial charge in [0.15, 0.2) is 0 Å². The van der Waals surface area contributed by atoms with Gasteiger partial charge in [-0.3, -0.25) is 4.79 Å². The van der Waals surface area contributed by atoms with Crippen molar-refractivity contribution >= 4 is 12.0 Å². The Hall–Kier alpha value is -2.66. The third-order valence-electron chi connectivity index (χ3n) is 4.58. The average molecular weight is 352 g/mol. The average Bonchev–Trinajstić information content (AvgIpc) is 2.66. The van der Waals surface area contributed by atoms with Crippen LogP contribution in [0.5, 0.6) is 0 Å². The maximum absolute atomic E-state index is 12.4. The summed E-state index contributed by atoms with van der Waals surface area (Å²) < 4.78 is 5.45. The summed E-state index contributed by atoms with van der Waals surface area (Å²) in [6.07, 6.45) is 5.83. The van der Waals surface area contributed by atoms with Crippen molar-refractivity contribution in [1.29, 1.82) is 0 Å². The van der Waals surface area contributed by atoms with Crippen LogP contribution >= 0.6 is 0 Å². The highest BCUT2D eigenvalue weighted by molar-refractivity contribution is 5.95. The Bertz CT molecular complexity index is 834. The van der Waals surface area contributed by atoms with Crippen LogP contribution in [-0.4, -0.2) is 25.5 Å². The van der Waals surface area contributed by atoms with Crippen LogP contribution in [0.4, 0.5) is 0 Å². The molecule has 0 saturated carbocycles. The van der Waals surface area contributed by atoms with Crippen LogP contribution in [0.1, 0.15) is 46.0 Å². The number of carbonyl (C=O) groups is 1. The molecule has 0 radical (unpaired) electrons. The normalized spacial score (nSPS) is 17.3. The lowest BCUT2D eigenvalue weighted by molar-refractivity contribution is 0.0952. The molecule has 1 fully saturated rings. The van der Waals surface area contributed by atoms with Crippen LogP contribution in [0.15, 0.2) is 51.7 Å². The first-order chi connectivity index (χ1) is 12.6. The summed E-state index contributed by atoms with van der Waals surface area (Å²) in [5.41, 5.74) is 1.25. The topological polar surface area (TPSA) is 71.3 Å². The lowest BCUT2D eigenvalue weighted by Crippen LogP contribution is -2.31. The smallest absolute Gasteiger partial charge is 0.349 e. The van der Waals surface area contributed by atoms with Crippen molar-refractivity contribution in [1.82, 2.24) is 10.6 Å². The molecule has 5 heteroatoms. The van der Waals surface area contributed by atoms with Crippen LogP contribution in [0, 0.1) is 6.92 Å². The number of benzene rings is 1. The number of piperidine rings is 1. The van der Waals surface area contributed by atoms with Crippen molar-refractivity contribution in [3.05, 3.63) is 75.3 Å². The van der Waals surface area contributed by atoms with Gasteiger partial charge in [-0.05, 0) is 43.5 Å². The Morgan fingerprint density at radius 1 is 1.35 bits per heavy atom. The lowest BCUT2D eigenvalue weighted by Gasteiger charge is -2.22. The summed E-state index contributed by atoms with van der Waals surface area (Å²) in [5, 5.41) is 6.06. The van der Waals surface area contributed by atoms with E-state index in [1.807, 2.05) is 48.6 Å². The molecule has 2 aromatic rings. The molecule has 2 heterocycles. The molecule has 5 nitrogen and oxygen atoms in total. The Morgan fingerprint density at radius 3 is 2.85 bits per heavy atom. The summed E-state index contributed by atoms with van der Waals surface area (Å²) >= 11 is 0. The van der Waals surface area contributed by atoms with Crippen LogP contribution < -0.4 is 16.3 Å². The van der Waals surface area contributed by atoms with Gasteiger partial charge in [-0.2, -0.15) is 0 Å². The second-order valence-corrected chi connectivity index (χ2v) is 6.56. The first kappa shape index (κ1) is 18.1. The third-order valence-corrected chi connectivity index (χ3v) is 4.58. The fraction of sp³-hybridized carbons (Fsp3) is 0.333. The standard InChI is InChI=1S/C21H24N2O3/c1-15-13-18(17-10-6-11-22-14-17)26-21(25)19(15)20(24)23-12-5-9-16-7-3-2-4-8-16/h2-5,7-9,13,17,22H,6,10-12,14H2,1H3,(H,23,24)/b9-5+. The highest BCUT2D eigenvalue weighted by atomic mass is 16.4. The third kappa shape index (κ3) is 4.49. The molecular formula is C21H24N2O3. The van der Waals surface area contributed by atoms with E-state index in [1.54, 1.807) is 6.92 Å². The van der Waals surface area contributed by atoms with Crippen molar-refractivity contribution in [3.63, 3.8) is 0 Å². The van der Waals surface area contributed by atoms with E-state index in [4.69, 9.17) is 4.42 Å². The summed E-state index contributed by atoms with van der Waals surface area (Å²) in [6, 6.07) is 11.7. The van der Waals surface area contributed by atoms with Crippen molar-refractivity contribution < 1.29 is 9.21 Å². The molecule has 26 heavy (non-hydrogen) atoms. The van der Waals surface area contributed by atoms with Gasteiger partial charge in [0.05, 0.1) is 0 Å². The van der Waals surface area contributed by atoms with Gasteiger partial charge in [0, 0.05) is 19.0 Å². The van der Waals surface area contributed by atoms with E-state index in [9.17, 15) is 9.59 Å². The molecule has 0 spiro atoms. The van der Waals surface area contributed by atoms with E-state index in [1.165, 1.54) is 0 Å². The summed E-state index contributed by atoms with van der Waals surface area (Å²) in [6.45, 7) is 3.93. The maximum atomic E-state index is 12.4. The maximum Gasteiger partial charge on any atom is 0.349 e. The molecule has 1 aromatic heterocycles. The monoisotopic (exact) mass is 352 g/mol. The molecule has 1 unspecified atom stereocenters. The van der Waals surface area contributed by atoms with Gasteiger partial charge in [-0.15, -0.1) is 0 Å². The Balaban J connectivity index is 1.65. The van der Waals surface area contributed by atoms with Gasteiger partial charge in [-0.25, -0.2) is 4.79 Å². The second kappa shape index (κ2) is 8.63. The van der Waals surface area contributed by atoms with Gasteiger partial charge in [0.25, 0.3) is 5.91 Å². The minimum absolute atomic E-state index is 0.0885. The van der Waals surface area contributed by atoms with E-state index >= 15 is 0 Å². The second-order valence-electron chi connectivity index (χ2n) is 6.56. The molecule has 1 atom stereocenters. The molecule has 1 aliphatic rings. The summed E-state index contributed by atoms with van der Waals surface area (Å²) in [5.74, 6) is 0.462. The molecule has 1 aliphatic heterocycles. The number of hydrogen-bond acceptors (Lipinski definition) is 4. The fourth-order valence-electron chi connectivity index (χ4n) is 3.20. The van der Waals surface area contributed by atoms with Gasteiger partial charge >= 0.3 is 5.63 Å². The van der Waals surface area contributed by atoms with Crippen LogP contribution in [0.2, 0.25) is 0 Å². The van der Waals surface area contributed by atoms with Crippen molar-refractivity contribution in [2.24, 2.45) is 0 Å². The highest BCUT2D eigenvalue weighted by Crippen LogP contribution is 2.23. The quantitative estimate of drug-likeness (QED) is 0.868. The molecule has 1 aromatic carbocycles. The Morgan fingerprint density at radius 2 is 2.15 bits per heavy atom.